The van der Waals surface area contributed by atoms with Gasteiger partial charge in [0.15, 0.2) is 0 Å². The molecule has 20 heavy (non-hydrogen) atoms. The average Bonchev–Trinajstić information content (AvgIpc) is 2.49. The van der Waals surface area contributed by atoms with E-state index < -0.39 is 6.10 Å². The van der Waals surface area contributed by atoms with Gasteiger partial charge in [0.2, 0.25) is 0 Å². The zero-order chi connectivity index (χ0) is 14.1. The highest BCUT2D eigenvalue weighted by Crippen LogP contribution is 2.32. The number of hydrogen-bond acceptors (Lipinski definition) is 2. The number of hydrogen-bond donors (Lipinski definition) is 2. The molecule has 1 aliphatic rings. The third kappa shape index (κ3) is 2.71. The molecule has 0 aromatic heterocycles. The van der Waals surface area contributed by atoms with Crippen molar-refractivity contribution in [1.82, 2.24) is 0 Å². The van der Waals surface area contributed by atoms with Crippen LogP contribution in [0.1, 0.15) is 23.7 Å². The van der Waals surface area contributed by atoms with E-state index in [2.05, 4.69) is 33.4 Å². The molecule has 2 aromatic rings. The Kier molecular flexibility index (Phi) is 4.01. The summed E-state index contributed by atoms with van der Waals surface area (Å²) in [4.78, 5) is 0. The molecule has 0 saturated carbocycles. The van der Waals surface area contributed by atoms with Crippen LogP contribution in [0, 0.1) is 0 Å². The van der Waals surface area contributed by atoms with Crippen molar-refractivity contribution in [3.8, 4) is 0 Å². The summed E-state index contributed by atoms with van der Waals surface area (Å²) < 4.78 is 0.812. The molecule has 104 valence electrons. The Morgan fingerprint density at radius 2 is 2.05 bits per heavy atom. The van der Waals surface area contributed by atoms with Crippen molar-refractivity contribution in [2.45, 2.75) is 25.0 Å². The second-order valence-corrected chi connectivity index (χ2v) is 6.33. The van der Waals surface area contributed by atoms with Crippen LogP contribution in [0.25, 0.3) is 0 Å². The molecule has 2 unspecified atom stereocenters. The summed E-state index contributed by atoms with van der Waals surface area (Å²) >= 11 is 9.39. The van der Waals surface area contributed by atoms with Crippen LogP contribution in [0.3, 0.4) is 0 Å². The van der Waals surface area contributed by atoms with Gasteiger partial charge in [0, 0.05) is 10.2 Å². The van der Waals surface area contributed by atoms with Crippen LogP contribution in [0.2, 0.25) is 5.02 Å². The Balaban J connectivity index is 1.82. The SMILES string of the molecule is OC(c1ccc(Cl)c(Br)c1)C1CCc2ccccc2N1. The predicted molar refractivity (Wildman–Crippen MR) is 86.3 cm³/mol. The molecule has 3 rings (SSSR count). The van der Waals surface area contributed by atoms with Crippen LogP contribution in [0.15, 0.2) is 46.9 Å². The fraction of sp³-hybridized carbons (Fsp3) is 0.250. The van der Waals surface area contributed by atoms with E-state index in [0.717, 1.165) is 28.6 Å². The summed E-state index contributed by atoms with van der Waals surface area (Å²) in [7, 11) is 0. The Labute approximate surface area is 131 Å². The summed E-state index contributed by atoms with van der Waals surface area (Å²) in [6, 6.07) is 13.8. The summed E-state index contributed by atoms with van der Waals surface area (Å²) in [6.07, 6.45) is 1.36. The highest BCUT2D eigenvalue weighted by atomic mass is 79.9. The van der Waals surface area contributed by atoms with E-state index >= 15 is 0 Å². The molecule has 4 heteroatoms. The molecule has 1 aliphatic heterocycles. The van der Waals surface area contributed by atoms with Gasteiger partial charge in [-0.2, -0.15) is 0 Å². The normalized spacial score (nSPS) is 19.1. The lowest BCUT2D eigenvalue weighted by molar-refractivity contribution is 0.149. The quantitative estimate of drug-likeness (QED) is 0.830. The van der Waals surface area contributed by atoms with Gasteiger partial charge in [-0.1, -0.05) is 35.9 Å². The standard InChI is InChI=1S/C16H15BrClNO/c17-12-9-11(5-7-13(12)18)16(20)15-8-6-10-3-1-2-4-14(10)19-15/h1-5,7,9,15-16,19-20H,6,8H2. The van der Waals surface area contributed by atoms with E-state index in [9.17, 15) is 5.11 Å². The zero-order valence-corrected chi connectivity index (χ0v) is 13.2. The number of benzene rings is 2. The number of para-hydroxylation sites is 1. The number of nitrogens with one attached hydrogen (secondary N) is 1. The monoisotopic (exact) mass is 351 g/mol. The first-order chi connectivity index (χ1) is 9.65. The molecule has 0 radical (unpaired) electrons. The van der Waals surface area contributed by atoms with Gasteiger partial charge in [-0.05, 0) is 58.1 Å². The summed E-state index contributed by atoms with van der Waals surface area (Å²) in [5, 5.41) is 14.6. The minimum atomic E-state index is -0.545. The third-order valence-corrected chi connectivity index (χ3v) is 4.96. The van der Waals surface area contributed by atoms with Crippen LogP contribution in [0.4, 0.5) is 5.69 Å². The smallest absolute Gasteiger partial charge is 0.0991 e. The first-order valence-electron chi connectivity index (χ1n) is 6.62. The maximum absolute atomic E-state index is 10.6. The molecule has 0 spiro atoms. The van der Waals surface area contributed by atoms with Gasteiger partial charge in [0.25, 0.3) is 0 Å². The fourth-order valence-corrected chi connectivity index (χ4v) is 3.14. The number of anilines is 1. The van der Waals surface area contributed by atoms with Crippen molar-refractivity contribution in [3.05, 3.63) is 63.1 Å². The second-order valence-electron chi connectivity index (χ2n) is 5.07. The van der Waals surface area contributed by atoms with Gasteiger partial charge >= 0.3 is 0 Å². The summed E-state index contributed by atoms with van der Waals surface area (Å²) in [6.45, 7) is 0. The highest BCUT2D eigenvalue weighted by molar-refractivity contribution is 9.10. The van der Waals surface area contributed by atoms with Crippen molar-refractivity contribution in [2.24, 2.45) is 0 Å². The van der Waals surface area contributed by atoms with Crippen molar-refractivity contribution in [3.63, 3.8) is 0 Å². The van der Waals surface area contributed by atoms with Crippen molar-refractivity contribution < 1.29 is 5.11 Å². The number of aliphatic hydroxyl groups is 1. The van der Waals surface area contributed by atoms with Crippen molar-refractivity contribution in [2.75, 3.05) is 5.32 Å². The van der Waals surface area contributed by atoms with Crippen molar-refractivity contribution >= 4 is 33.2 Å². The van der Waals surface area contributed by atoms with E-state index in [4.69, 9.17) is 11.6 Å². The largest absolute Gasteiger partial charge is 0.386 e. The van der Waals surface area contributed by atoms with E-state index in [-0.39, 0.29) is 6.04 Å². The third-order valence-electron chi connectivity index (χ3n) is 3.75. The van der Waals surface area contributed by atoms with Gasteiger partial charge in [-0.3, -0.25) is 0 Å². The molecular formula is C16H15BrClNO. The van der Waals surface area contributed by atoms with E-state index in [0.29, 0.717) is 5.02 Å². The molecule has 2 N–H and O–H groups in total. The summed E-state index contributed by atoms with van der Waals surface area (Å²) in [5.41, 5.74) is 3.31. The van der Waals surface area contributed by atoms with Crippen LogP contribution in [-0.2, 0) is 6.42 Å². The van der Waals surface area contributed by atoms with Crippen molar-refractivity contribution in [1.29, 1.82) is 0 Å². The van der Waals surface area contributed by atoms with E-state index in [1.165, 1.54) is 5.56 Å². The number of aliphatic hydroxyl groups excluding tert-OH is 1. The van der Waals surface area contributed by atoms with Gasteiger partial charge in [0.1, 0.15) is 0 Å². The number of halogens is 2. The minimum Gasteiger partial charge on any atom is -0.386 e. The Hall–Kier alpha value is -1.03. The Morgan fingerprint density at radius 1 is 1.25 bits per heavy atom. The van der Waals surface area contributed by atoms with E-state index in [1.807, 2.05) is 24.3 Å². The molecular weight excluding hydrogens is 338 g/mol. The highest BCUT2D eigenvalue weighted by Gasteiger charge is 2.25. The topological polar surface area (TPSA) is 32.3 Å². The molecule has 0 bridgehead atoms. The van der Waals surface area contributed by atoms with E-state index in [1.54, 1.807) is 6.07 Å². The minimum absolute atomic E-state index is 0.0259. The predicted octanol–water partition coefficient (Wildman–Crippen LogP) is 4.56. The average molecular weight is 353 g/mol. The van der Waals surface area contributed by atoms with Crippen LogP contribution >= 0.6 is 27.5 Å². The van der Waals surface area contributed by atoms with Crippen LogP contribution in [0.5, 0.6) is 0 Å². The molecule has 2 aromatic carbocycles. The van der Waals surface area contributed by atoms with Gasteiger partial charge in [0.05, 0.1) is 17.2 Å². The van der Waals surface area contributed by atoms with Gasteiger partial charge in [-0.15, -0.1) is 0 Å². The number of fused-ring (bicyclic) bond motifs is 1. The van der Waals surface area contributed by atoms with Crippen LogP contribution < -0.4 is 5.32 Å². The fourth-order valence-electron chi connectivity index (χ4n) is 2.63. The van der Waals surface area contributed by atoms with Gasteiger partial charge < -0.3 is 10.4 Å². The molecule has 2 nitrogen and oxygen atoms in total. The second kappa shape index (κ2) is 5.76. The Bertz CT molecular complexity index is 632. The molecule has 0 fully saturated rings. The summed E-state index contributed by atoms with van der Waals surface area (Å²) in [5.74, 6) is 0. The number of rotatable bonds is 2. The number of aryl methyl sites for hydroxylation is 1. The van der Waals surface area contributed by atoms with Crippen LogP contribution in [-0.4, -0.2) is 11.1 Å². The Morgan fingerprint density at radius 3 is 2.85 bits per heavy atom. The lowest BCUT2D eigenvalue weighted by Gasteiger charge is -2.31. The molecule has 1 heterocycles. The zero-order valence-electron chi connectivity index (χ0n) is 10.8. The molecule has 0 aliphatic carbocycles. The maximum Gasteiger partial charge on any atom is 0.0991 e. The first-order valence-corrected chi connectivity index (χ1v) is 7.79. The lowest BCUT2D eigenvalue weighted by Crippen LogP contribution is -2.31. The first kappa shape index (κ1) is 13.9. The molecule has 0 amide bonds. The van der Waals surface area contributed by atoms with Gasteiger partial charge in [-0.25, -0.2) is 0 Å². The molecule has 2 atom stereocenters. The lowest BCUT2D eigenvalue weighted by atomic mass is 9.92. The maximum atomic E-state index is 10.6. The molecule has 0 saturated heterocycles.